The van der Waals surface area contributed by atoms with Crippen molar-refractivity contribution >= 4 is 17.1 Å². The summed E-state index contributed by atoms with van der Waals surface area (Å²) in [5, 5.41) is -0.206. The number of esters is 1. The van der Waals surface area contributed by atoms with Crippen LogP contribution in [-0.2, 0) is 22.1 Å². The van der Waals surface area contributed by atoms with E-state index in [2.05, 4.69) is 9.72 Å². The molecule has 0 fully saturated rings. The van der Waals surface area contributed by atoms with Crippen LogP contribution in [0.2, 0.25) is 0 Å². The Morgan fingerprint density at radius 3 is 2.53 bits per heavy atom. The molecule has 4 nitrogen and oxygen atoms in total. The molecule has 1 aromatic rings. The molecular weight excluding hydrogens is 283 g/mol. The number of pyridine rings is 1. The van der Waals surface area contributed by atoms with Crippen LogP contribution in [0.25, 0.3) is 0 Å². The first kappa shape index (κ1) is 15.8. The van der Waals surface area contributed by atoms with Crippen LogP contribution < -0.4 is 0 Å². The van der Waals surface area contributed by atoms with E-state index >= 15 is 0 Å². The van der Waals surface area contributed by atoms with Crippen molar-refractivity contribution in [1.29, 1.82) is 0 Å². The third-order valence-electron chi connectivity index (χ3n) is 2.13. The molecule has 0 saturated carbocycles. The maximum Gasteiger partial charge on any atom is 0.434 e. The van der Waals surface area contributed by atoms with Crippen LogP contribution in [0.15, 0.2) is 17.2 Å². The molecular formula is C11H12F3NO3S. The number of hydrogen-bond donors (Lipinski definition) is 0. The zero-order valence-electron chi connectivity index (χ0n) is 10.3. The fraction of sp³-hybridized carbons (Fsp3) is 0.455. The van der Waals surface area contributed by atoms with Gasteiger partial charge in [-0.05, 0) is 19.9 Å². The summed E-state index contributed by atoms with van der Waals surface area (Å²) >= 11 is -1.62. The highest BCUT2D eigenvalue weighted by molar-refractivity contribution is 7.91. The minimum Gasteiger partial charge on any atom is -0.610 e. The third kappa shape index (κ3) is 3.84. The Morgan fingerprint density at radius 1 is 1.42 bits per heavy atom. The van der Waals surface area contributed by atoms with E-state index in [1.165, 1.54) is 6.92 Å². The van der Waals surface area contributed by atoms with Crippen molar-refractivity contribution in [3.05, 3.63) is 23.4 Å². The minimum absolute atomic E-state index is 0.0429. The second-order valence-corrected chi connectivity index (χ2v) is 5.08. The van der Waals surface area contributed by atoms with Crippen LogP contribution in [-0.4, -0.2) is 27.9 Å². The molecule has 0 aliphatic rings. The molecule has 0 amide bonds. The maximum absolute atomic E-state index is 12.8. The monoisotopic (exact) mass is 295 g/mol. The van der Waals surface area contributed by atoms with E-state index in [0.29, 0.717) is 0 Å². The molecule has 1 heterocycles. The van der Waals surface area contributed by atoms with E-state index in [9.17, 15) is 22.5 Å². The molecule has 0 N–H and O–H groups in total. The van der Waals surface area contributed by atoms with Gasteiger partial charge in [-0.1, -0.05) is 0 Å². The van der Waals surface area contributed by atoms with Gasteiger partial charge in [-0.25, -0.2) is 4.79 Å². The number of hydrogen-bond acceptors (Lipinski definition) is 4. The molecule has 19 heavy (non-hydrogen) atoms. The summed E-state index contributed by atoms with van der Waals surface area (Å²) in [4.78, 5) is 14.7. The predicted molar refractivity (Wildman–Crippen MR) is 62.1 cm³/mol. The van der Waals surface area contributed by atoms with Gasteiger partial charge in [0, 0.05) is 17.2 Å². The normalized spacial score (nSPS) is 13.2. The van der Waals surface area contributed by atoms with Crippen LogP contribution in [0.4, 0.5) is 13.2 Å². The highest BCUT2D eigenvalue weighted by atomic mass is 32.2. The SMILES string of the molecule is CCOC(=O)c1ccc([S+]([O-])CC)nc1C(F)(F)F. The fourth-order valence-corrected chi connectivity index (χ4v) is 2.01. The Bertz CT molecular complexity index is 465. The zero-order chi connectivity index (χ0) is 14.6. The van der Waals surface area contributed by atoms with Gasteiger partial charge in [-0.15, -0.1) is 0 Å². The van der Waals surface area contributed by atoms with Crippen LogP contribution in [0, 0.1) is 0 Å². The lowest BCUT2D eigenvalue weighted by atomic mass is 10.2. The van der Waals surface area contributed by atoms with Crippen LogP contribution in [0.3, 0.4) is 0 Å². The van der Waals surface area contributed by atoms with Gasteiger partial charge in [0.2, 0.25) is 5.03 Å². The largest absolute Gasteiger partial charge is 0.610 e. The Labute approximate surface area is 111 Å². The summed E-state index contributed by atoms with van der Waals surface area (Å²) in [5.41, 5.74) is -2.04. The third-order valence-corrected chi connectivity index (χ3v) is 3.35. The van der Waals surface area contributed by atoms with E-state index in [0.717, 1.165) is 12.1 Å². The molecule has 0 bridgehead atoms. The number of alkyl halides is 3. The van der Waals surface area contributed by atoms with Gasteiger partial charge in [0.15, 0.2) is 5.69 Å². The fourth-order valence-electron chi connectivity index (χ4n) is 1.31. The van der Waals surface area contributed by atoms with Crippen LogP contribution in [0.1, 0.15) is 29.9 Å². The van der Waals surface area contributed by atoms with E-state index < -0.39 is 34.6 Å². The second kappa shape index (κ2) is 6.25. The number of halogens is 3. The van der Waals surface area contributed by atoms with Crippen molar-refractivity contribution in [3.8, 4) is 0 Å². The highest BCUT2D eigenvalue weighted by Gasteiger charge is 2.39. The number of nitrogens with zero attached hydrogens (tertiary/aromatic N) is 1. The standard InChI is InChI=1S/C11H12F3NO3S/c1-3-18-10(16)7-5-6-8(19(17)4-2)15-9(7)11(12,13)14/h5-6H,3-4H2,1-2H3. The van der Waals surface area contributed by atoms with E-state index in [1.54, 1.807) is 6.92 Å². The molecule has 0 aromatic carbocycles. The second-order valence-electron chi connectivity index (χ2n) is 3.40. The smallest absolute Gasteiger partial charge is 0.434 e. The van der Waals surface area contributed by atoms with Gasteiger partial charge in [-0.3, -0.25) is 0 Å². The Hall–Kier alpha value is -1.28. The molecule has 1 unspecified atom stereocenters. The molecule has 1 rings (SSSR count). The summed E-state index contributed by atoms with van der Waals surface area (Å²) in [6.07, 6.45) is -4.81. The first-order valence-corrected chi connectivity index (χ1v) is 6.76. The highest BCUT2D eigenvalue weighted by Crippen LogP contribution is 2.31. The van der Waals surface area contributed by atoms with Crippen molar-refractivity contribution in [3.63, 3.8) is 0 Å². The Kier molecular flexibility index (Phi) is 5.19. The topological polar surface area (TPSA) is 62.2 Å². The van der Waals surface area contributed by atoms with Crippen LogP contribution in [0.5, 0.6) is 0 Å². The molecule has 8 heteroatoms. The van der Waals surface area contributed by atoms with Crippen molar-refractivity contribution in [2.75, 3.05) is 12.4 Å². The maximum atomic E-state index is 12.8. The van der Waals surface area contributed by atoms with E-state index in [-0.39, 0.29) is 17.4 Å². The first-order chi connectivity index (χ1) is 8.81. The van der Waals surface area contributed by atoms with Gasteiger partial charge in [0.05, 0.1) is 12.2 Å². The lowest BCUT2D eigenvalue weighted by Crippen LogP contribution is -2.19. The van der Waals surface area contributed by atoms with Gasteiger partial charge in [0.1, 0.15) is 5.75 Å². The van der Waals surface area contributed by atoms with Gasteiger partial charge < -0.3 is 9.29 Å². The minimum atomic E-state index is -4.81. The zero-order valence-corrected chi connectivity index (χ0v) is 11.1. The van der Waals surface area contributed by atoms with Crippen molar-refractivity contribution in [2.24, 2.45) is 0 Å². The number of carbonyl (C=O) groups is 1. The van der Waals surface area contributed by atoms with Gasteiger partial charge in [0.25, 0.3) is 0 Å². The average Bonchev–Trinajstić information content (AvgIpc) is 2.36. The number of carbonyl (C=O) groups excluding carboxylic acids is 1. The Balaban J connectivity index is 3.29. The summed E-state index contributed by atoms with van der Waals surface area (Å²) < 4.78 is 54.5. The summed E-state index contributed by atoms with van der Waals surface area (Å²) in [6.45, 7) is 3.00. The molecule has 1 aromatic heterocycles. The van der Waals surface area contributed by atoms with Crippen molar-refractivity contribution in [1.82, 2.24) is 4.98 Å². The molecule has 0 aliphatic carbocycles. The average molecular weight is 295 g/mol. The molecule has 1 atom stereocenters. The molecule has 0 saturated heterocycles. The summed E-state index contributed by atoms with van der Waals surface area (Å²) in [7, 11) is 0. The lowest BCUT2D eigenvalue weighted by molar-refractivity contribution is -0.142. The quantitative estimate of drug-likeness (QED) is 0.632. The van der Waals surface area contributed by atoms with E-state index in [4.69, 9.17) is 0 Å². The van der Waals surface area contributed by atoms with Gasteiger partial charge >= 0.3 is 12.1 Å². The predicted octanol–water partition coefficient (Wildman–Crippen LogP) is 2.40. The van der Waals surface area contributed by atoms with Crippen molar-refractivity contribution in [2.45, 2.75) is 25.0 Å². The summed E-state index contributed by atoms with van der Waals surface area (Å²) in [5.74, 6) is -0.959. The van der Waals surface area contributed by atoms with Crippen molar-refractivity contribution < 1.29 is 27.3 Å². The number of rotatable bonds is 4. The van der Waals surface area contributed by atoms with Gasteiger partial charge in [-0.2, -0.15) is 18.2 Å². The van der Waals surface area contributed by atoms with E-state index in [1.807, 2.05) is 0 Å². The summed E-state index contributed by atoms with van der Waals surface area (Å²) in [6, 6.07) is 2.08. The molecule has 0 radical (unpaired) electrons. The molecule has 106 valence electrons. The Morgan fingerprint density at radius 2 is 2.05 bits per heavy atom. The number of ether oxygens (including phenoxy) is 1. The first-order valence-electron chi connectivity index (χ1n) is 5.45. The lowest BCUT2D eigenvalue weighted by Gasteiger charge is -2.13. The molecule has 0 spiro atoms. The number of aromatic nitrogens is 1. The molecule has 0 aliphatic heterocycles. The van der Waals surface area contributed by atoms with Crippen LogP contribution >= 0.6 is 0 Å².